The summed E-state index contributed by atoms with van der Waals surface area (Å²) in [6.07, 6.45) is 1.93. The molecule has 0 bridgehead atoms. The van der Waals surface area contributed by atoms with E-state index in [-0.39, 0.29) is 5.97 Å². The highest BCUT2D eigenvalue weighted by molar-refractivity contribution is 5.95. The molecule has 1 aromatic heterocycles. The van der Waals surface area contributed by atoms with Crippen molar-refractivity contribution < 1.29 is 9.53 Å². The van der Waals surface area contributed by atoms with Crippen LogP contribution in [0, 0.1) is 6.92 Å². The zero-order chi connectivity index (χ0) is 12.6. The van der Waals surface area contributed by atoms with Crippen molar-refractivity contribution >= 4 is 16.9 Å². The molecule has 0 aliphatic carbocycles. The number of H-pyrrole nitrogens is 1. The number of aromatic amines is 1. The van der Waals surface area contributed by atoms with Crippen molar-refractivity contribution in [3.05, 3.63) is 35.5 Å². The number of rotatable bonds is 1. The van der Waals surface area contributed by atoms with Gasteiger partial charge in [-0.3, -0.25) is 0 Å². The third-order valence-electron chi connectivity index (χ3n) is 2.52. The van der Waals surface area contributed by atoms with Gasteiger partial charge in [-0.2, -0.15) is 0 Å². The smallest absolute Gasteiger partial charge is 0.338 e. The number of ether oxygens (including phenoxy) is 1. The van der Waals surface area contributed by atoms with Crippen LogP contribution in [0.1, 0.15) is 36.7 Å². The van der Waals surface area contributed by atoms with E-state index in [2.05, 4.69) is 4.98 Å². The largest absolute Gasteiger partial charge is 0.456 e. The van der Waals surface area contributed by atoms with Crippen LogP contribution in [0.5, 0.6) is 0 Å². The summed E-state index contributed by atoms with van der Waals surface area (Å²) in [5, 5.41) is 1.14. The van der Waals surface area contributed by atoms with Crippen LogP contribution in [0.15, 0.2) is 24.4 Å². The van der Waals surface area contributed by atoms with E-state index in [4.69, 9.17) is 4.74 Å². The molecule has 0 aliphatic rings. The molecule has 3 heteroatoms. The fourth-order valence-corrected chi connectivity index (χ4v) is 1.74. The van der Waals surface area contributed by atoms with Gasteiger partial charge in [0.15, 0.2) is 0 Å². The fourth-order valence-electron chi connectivity index (χ4n) is 1.74. The van der Waals surface area contributed by atoms with Crippen LogP contribution in [-0.2, 0) is 4.74 Å². The van der Waals surface area contributed by atoms with Crippen molar-refractivity contribution in [2.24, 2.45) is 0 Å². The Morgan fingerprint density at radius 3 is 2.65 bits per heavy atom. The molecular weight excluding hydrogens is 214 g/mol. The van der Waals surface area contributed by atoms with Crippen molar-refractivity contribution in [2.75, 3.05) is 0 Å². The summed E-state index contributed by atoms with van der Waals surface area (Å²) in [4.78, 5) is 15.0. The van der Waals surface area contributed by atoms with Crippen LogP contribution in [0.2, 0.25) is 0 Å². The lowest BCUT2D eigenvalue weighted by Crippen LogP contribution is -2.23. The summed E-state index contributed by atoms with van der Waals surface area (Å²) in [5.41, 5.74) is 2.26. The minimum absolute atomic E-state index is 0.286. The van der Waals surface area contributed by atoms with E-state index >= 15 is 0 Å². The quantitative estimate of drug-likeness (QED) is 0.764. The molecule has 1 heterocycles. The molecule has 1 N–H and O–H groups in total. The molecule has 90 valence electrons. The van der Waals surface area contributed by atoms with Gasteiger partial charge in [-0.15, -0.1) is 0 Å². The van der Waals surface area contributed by atoms with Crippen molar-refractivity contribution in [3.8, 4) is 0 Å². The highest BCUT2D eigenvalue weighted by Gasteiger charge is 2.18. The highest BCUT2D eigenvalue weighted by Crippen LogP contribution is 2.20. The van der Waals surface area contributed by atoms with Gasteiger partial charge in [-0.1, -0.05) is 6.07 Å². The van der Waals surface area contributed by atoms with Crippen LogP contribution >= 0.6 is 0 Å². The Hall–Kier alpha value is -1.77. The van der Waals surface area contributed by atoms with Crippen LogP contribution in [-0.4, -0.2) is 16.6 Å². The molecule has 0 spiro atoms. The molecule has 0 unspecified atom stereocenters. The van der Waals surface area contributed by atoms with Gasteiger partial charge in [-0.25, -0.2) is 4.79 Å². The Kier molecular flexibility index (Phi) is 2.69. The average Bonchev–Trinajstić information content (AvgIpc) is 2.57. The number of benzene rings is 1. The van der Waals surface area contributed by atoms with Gasteiger partial charge in [0.25, 0.3) is 0 Å². The van der Waals surface area contributed by atoms with E-state index < -0.39 is 5.60 Å². The number of aromatic nitrogens is 1. The topological polar surface area (TPSA) is 42.1 Å². The summed E-state index contributed by atoms with van der Waals surface area (Å²) < 4.78 is 5.33. The molecular formula is C14H17NO2. The molecule has 2 aromatic rings. The van der Waals surface area contributed by atoms with Crippen LogP contribution in [0.25, 0.3) is 10.9 Å². The van der Waals surface area contributed by atoms with Crippen molar-refractivity contribution in [1.82, 2.24) is 4.98 Å². The Labute approximate surface area is 101 Å². The number of carbonyl (C=O) groups excluding carboxylic acids is 1. The molecule has 0 fully saturated rings. The maximum absolute atomic E-state index is 11.9. The second kappa shape index (κ2) is 3.91. The molecule has 2 rings (SSSR count). The molecule has 0 radical (unpaired) electrons. The molecule has 0 amide bonds. The zero-order valence-corrected chi connectivity index (χ0v) is 10.6. The van der Waals surface area contributed by atoms with E-state index in [0.717, 1.165) is 10.9 Å². The van der Waals surface area contributed by atoms with Gasteiger partial charge in [0.2, 0.25) is 0 Å². The maximum Gasteiger partial charge on any atom is 0.338 e. The standard InChI is InChI=1S/C14H17NO2/c1-9-8-15-12-7-10(5-6-11(9)12)13(16)17-14(2,3)4/h5-8,15H,1-4H3. The zero-order valence-electron chi connectivity index (χ0n) is 10.6. The van der Waals surface area contributed by atoms with Crippen LogP contribution < -0.4 is 0 Å². The molecule has 0 aliphatic heterocycles. The van der Waals surface area contributed by atoms with Gasteiger partial charge in [0.1, 0.15) is 5.60 Å². The van der Waals surface area contributed by atoms with Gasteiger partial charge in [0, 0.05) is 17.1 Å². The second-order valence-electron chi connectivity index (χ2n) is 5.23. The van der Waals surface area contributed by atoms with Gasteiger partial charge in [0.05, 0.1) is 5.56 Å². The maximum atomic E-state index is 11.9. The lowest BCUT2D eigenvalue weighted by atomic mass is 10.1. The minimum Gasteiger partial charge on any atom is -0.456 e. The molecule has 0 saturated heterocycles. The van der Waals surface area contributed by atoms with Gasteiger partial charge >= 0.3 is 5.97 Å². The summed E-state index contributed by atoms with van der Waals surface area (Å²) in [7, 11) is 0. The number of carbonyl (C=O) groups is 1. The summed E-state index contributed by atoms with van der Waals surface area (Å²) in [6.45, 7) is 7.62. The average molecular weight is 231 g/mol. The van der Waals surface area contributed by atoms with Crippen molar-refractivity contribution in [3.63, 3.8) is 0 Å². The molecule has 0 atom stereocenters. The number of nitrogens with one attached hydrogen (secondary N) is 1. The highest BCUT2D eigenvalue weighted by atomic mass is 16.6. The Balaban J connectivity index is 2.33. The minimum atomic E-state index is -0.461. The fraction of sp³-hybridized carbons (Fsp3) is 0.357. The molecule has 3 nitrogen and oxygen atoms in total. The number of hydrogen-bond donors (Lipinski definition) is 1. The SMILES string of the molecule is Cc1c[nH]c2cc(C(=O)OC(C)(C)C)ccc12. The van der Waals surface area contributed by atoms with E-state index in [0.29, 0.717) is 5.56 Å². The number of hydrogen-bond acceptors (Lipinski definition) is 2. The predicted molar refractivity (Wildman–Crippen MR) is 68.2 cm³/mol. The number of fused-ring (bicyclic) bond motifs is 1. The van der Waals surface area contributed by atoms with Gasteiger partial charge < -0.3 is 9.72 Å². The molecule has 1 aromatic carbocycles. The Morgan fingerprint density at radius 1 is 1.29 bits per heavy atom. The van der Waals surface area contributed by atoms with E-state index in [1.54, 1.807) is 6.07 Å². The monoisotopic (exact) mass is 231 g/mol. The third-order valence-corrected chi connectivity index (χ3v) is 2.52. The predicted octanol–water partition coefficient (Wildman–Crippen LogP) is 3.43. The number of esters is 1. The first kappa shape index (κ1) is 11.7. The summed E-state index contributed by atoms with van der Waals surface area (Å²) in [6, 6.07) is 5.58. The number of aryl methyl sites for hydroxylation is 1. The van der Waals surface area contributed by atoms with E-state index in [9.17, 15) is 4.79 Å². The third kappa shape index (κ3) is 2.49. The lowest BCUT2D eigenvalue weighted by Gasteiger charge is -2.19. The normalized spacial score (nSPS) is 11.8. The van der Waals surface area contributed by atoms with Crippen LogP contribution in [0.3, 0.4) is 0 Å². The molecule has 17 heavy (non-hydrogen) atoms. The van der Waals surface area contributed by atoms with Gasteiger partial charge in [-0.05, 0) is 45.4 Å². The first-order valence-corrected chi connectivity index (χ1v) is 5.68. The van der Waals surface area contributed by atoms with Crippen molar-refractivity contribution in [1.29, 1.82) is 0 Å². The molecule has 0 saturated carbocycles. The van der Waals surface area contributed by atoms with Crippen molar-refractivity contribution in [2.45, 2.75) is 33.3 Å². The van der Waals surface area contributed by atoms with Crippen LogP contribution in [0.4, 0.5) is 0 Å². The Bertz CT molecular complexity index is 561. The first-order valence-electron chi connectivity index (χ1n) is 5.68. The second-order valence-corrected chi connectivity index (χ2v) is 5.23. The lowest BCUT2D eigenvalue weighted by molar-refractivity contribution is 0.00697. The summed E-state index contributed by atoms with van der Waals surface area (Å²) >= 11 is 0. The summed E-state index contributed by atoms with van der Waals surface area (Å²) in [5.74, 6) is -0.286. The van der Waals surface area contributed by atoms with E-state index in [1.807, 2.05) is 46.0 Å². The first-order chi connectivity index (χ1) is 7.87. The Morgan fingerprint density at radius 2 is 2.00 bits per heavy atom. The van der Waals surface area contributed by atoms with E-state index in [1.165, 1.54) is 5.56 Å².